The summed E-state index contributed by atoms with van der Waals surface area (Å²) >= 11 is 0. The van der Waals surface area contributed by atoms with Gasteiger partial charge in [-0.15, -0.1) is 0 Å². The van der Waals surface area contributed by atoms with Gasteiger partial charge in [0.15, 0.2) is 23.6 Å². The van der Waals surface area contributed by atoms with Gasteiger partial charge in [-0.2, -0.15) is 5.84 Å². The van der Waals surface area contributed by atoms with E-state index in [2.05, 4.69) is 5.43 Å². The maximum atomic E-state index is 9.85. The molecule has 18 N–H and O–H groups in total. The Morgan fingerprint density at radius 1 is 0.386 bits per heavy atom. The van der Waals surface area contributed by atoms with Crippen LogP contribution in [0.3, 0.4) is 0 Å². The number of hydrogen-bond acceptors (Lipinski definition) is 9. The maximum absolute atomic E-state index is 9.85. The molecule has 0 bridgehead atoms. The van der Waals surface area contributed by atoms with Crippen LogP contribution in [0.1, 0.15) is 32.1 Å². The van der Waals surface area contributed by atoms with Crippen LogP contribution in [-0.2, 0) is 36.5 Å². The molecule has 0 amide bonds. The van der Waals surface area contributed by atoms with Crippen LogP contribution in [-0.4, -0.2) is 108 Å². The van der Waals surface area contributed by atoms with Crippen molar-refractivity contribution in [2.75, 3.05) is 23.6 Å². The smallest absolute Gasteiger partial charge is 0.324 e. The topological polar surface area (TPSA) is 496 Å². The van der Waals surface area contributed by atoms with Gasteiger partial charge in [0.25, 0.3) is 0 Å². The molecule has 0 saturated heterocycles. The van der Waals surface area contributed by atoms with E-state index in [1.165, 1.54) is 32.1 Å². The summed E-state index contributed by atoms with van der Waals surface area (Å²) in [4.78, 5) is 128. The minimum atomic E-state index is -4.55. The first-order valence-corrected chi connectivity index (χ1v) is 24.9. The fourth-order valence-corrected chi connectivity index (χ4v) is 9.89. The highest BCUT2D eigenvalue weighted by atomic mass is 31.3. The molecule has 0 spiro atoms. The Hall–Kier alpha value is 1.12. The zero-order valence-corrected chi connectivity index (χ0v) is 29.1. The molecule has 1 saturated carbocycles. The van der Waals surface area contributed by atoms with E-state index in [1.54, 1.807) is 0 Å². The van der Waals surface area contributed by atoms with Gasteiger partial charge in [-0.05, 0) is 12.8 Å². The van der Waals surface area contributed by atoms with Crippen molar-refractivity contribution in [1.82, 2.24) is 11.3 Å². The highest BCUT2D eigenvalue weighted by Crippen LogP contribution is 2.53. The number of nitrogens with one attached hydrogen (secondary N) is 2. The molecule has 26 nitrogen and oxygen atoms in total. The van der Waals surface area contributed by atoms with Crippen LogP contribution in [0.4, 0.5) is 0 Å². The molecule has 44 heavy (non-hydrogen) atoms. The van der Waals surface area contributed by atoms with Crippen molar-refractivity contribution in [3.63, 3.8) is 0 Å². The largest absolute Gasteiger partial charge is 0.337 e. The summed E-state index contributed by atoms with van der Waals surface area (Å²) in [6.45, 7) is 0. The van der Waals surface area contributed by atoms with Crippen LogP contribution < -0.4 is 11.3 Å². The Bertz CT molecular complexity index is 937. The van der Waals surface area contributed by atoms with Crippen molar-refractivity contribution in [1.29, 1.82) is 0 Å². The van der Waals surface area contributed by atoms with E-state index in [9.17, 15) is 36.5 Å². The SMILES string of the molecule is O=P(O)(O)CP(=O)(O)O.O=P(O)(O)CP(=O)(O)O.O=P(O)(O)CP(=O)(O)O.O=P(O)(O)CP(=O)(O)O.[NH]NC1CCCCC1. The van der Waals surface area contributed by atoms with Crippen molar-refractivity contribution in [2.24, 2.45) is 0 Å². The third-order valence-electron chi connectivity index (χ3n) is 3.28. The number of rotatable bonds is 9. The lowest BCUT2D eigenvalue weighted by Crippen LogP contribution is -2.29. The van der Waals surface area contributed by atoms with Crippen LogP contribution in [0.15, 0.2) is 0 Å². The van der Waals surface area contributed by atoms with E-state index < -0.39 is 84.4 Å². The molecular formula is C10H37N2O24P8. The molecule has 1 aliphatic rings. The third-order valence-corrected chi connectivity index (χ3v) is 15.1. The fourth-order valence-electron chi connectivity index (χ4n) is 2.21. The molecule has 1 aliphatic carbocycles. The summed E-state index contributed by atoms with van der Waals surface area (Å²) in [7, 11) is -36.4. The zero-order valence-electron chi connectivity index (χ0n) is 21.9. The second-order valence-corrected chi connectivity index (χ2v) is 23.5. The normalized spacial score (nSPS) is 15.6. The van der Waals surface area contributed by atoms with Gasteiger partial charge in [-0.25, -0.2) is 5.43 Å². The quantitative estimate of drug-likeness (QED) is 0.0911. The van der Waals surface area contributed by atoms with E-state index in [0.717, 1.165) is 0 Å². The van der Waals surface area contributed by atoms with Gasteiger partial charge in [0.1, 0.15) is 0 Å². The summed E-state index contributed by atoms with van der Waals surface area (Å²) in [5.74, 6) is 1.35. The first-order chi connectivity index (χ1) is 18.8. The molecule has 0 aromatic heterocycles. The lowest BCUT2D eigenvalue weighted by molar-refractivity contribution is 0.352. The van der Waals surface area contributed by atoms with Crippen LogP contribution in [0, 0.1) is 0 Å². The van der Waals surface area contributed by atoms with Gasteiger partial charge in [0, 0.05) is 6.04 Å². The van der Waals surface area contributed by atoms with Crippen LogP contribution in [0.2, 0.25) is 0 Å². The van der Waals surface area contributed by atoms with Crippen molar-refractivity contribution in [2.45, 2.75) is 38.1 Å². The maximum Gasteiger partial charge on any atom is 0.337 e. The molecular weight excluding hydrogens is 780 g/mol. The zero-order chi connectivity index (χ0) is 36.6. The van der Waals surface area contributed by atoms with E-state index in [0.29, 0.717) is 6.04 Å². The highest BCUT2D eigenvalue weighted by molar-refractivity contribution is 7.70. The minimum Gasteiger partial charge on any atom is -0.324 e. The van der Waals surface area contributed by atoms with Gasteiger partial charge < -0.3 is 78.3 Å². The molecule has 0 unspecified atom stereocenters. The summed E-state index contributed by atoms with van der Waals surface area (Å²) in [5, 5.41) is 0. The monoisotopic (exact) mass is 817 g/mol. The van der Waals surface area contributed by atoms with Crippen LogP contribution in [0.5, 0.6) is 0 Å². The Morgan fingerprint density at radius 3 is 0.614 bits per heavy atom. The summed E-state index contributed by atoms with van der Waals surface area (Å²) in [6.07, 6.45) is 6.43. The van der Waals surface area contributed by atoms with Crippen LogP contribution >= 0.6 is 60.8 Å². The van der Waals surface area contributed by atoms with Gasteiger partial charge in [0.2, 0.25) is 0 Å². The van der Waals surface area contributed by atoms with Gasteiger partial charge in [0.05, 0.1) is 0 Å². The fraction of sp³-hybridized carbons (Fsp3) is 1.00. The Balaban J connectivity index is -0.000000227. The van der Waals surface area contributed by atoms with E-state index >= 15 is 0 Å². The highest BCUT2D eigenvalue weighted by Gasteiger charge is 2.28. The van der Waals surface area contributed by atoms with E-state index in [-0.39, 0.29) is 0 Å². The molecule has 0 atom stereocenters. The van der Waals surface area contributed by atoms with Crippen LogP contribution in [0.25, 0.3) is 0 Å². The molecule has 1 radical (unpaired) electrons. The molecule has 0 heterocycles. The Kier molecular flexibility index (Phi) is 25.1. The second kappa shape index (κ2) is 21.3. The predicted molar refractivity (Wildman–Crippen MR) is 149 cm³/mol. The van der Waals surface area contributed by atoms with Gasteiger partial charge >= 0.3 is 60.8 Å². The van der Waals surface area contributed by atoms with E-state index in [4.69, 9.17) is 84.1 Å². The average Bonchev–Trinajstić information content (AvgIpc) is 2.58. The molecule has 1 rings (SSSR count). The Morgan fingerprint density at radius 2 is 0.545 bits per heavy atom. The van der Waals surface area contributed by atoms with E-state index in [1.807, 2.05) is 0 Å². The first-order valence-electron chi connectivity index (χ1n) is 10.5. The number of hydrogen-bond donors (Lipinski definition) is 17. The summed E-state index contributed by atoms with van der Waals surface area (Å²) < 4.78 is 78.8. The lowest BCUT2D eigenvalue weighted by atomic mass is 9.96. The standard InChI is InChI=1S/C6H13N2.4CH6O6P2/c7-8-6-4-2-1-3-5-6;4*2-8(3,4)1-9(5,6)7/h6-8H,1-5H2;4*1H2,(H2,2,3,4)(H2,5,6,7). The summed E-state index contributed by atoms with van der Waals surface area (Å²) in [6, 6.07) is 0.503. The van der Waals surface area contributed by atoms with Crippen molar-refractivity contribution in [3.05, 3.63) is 0 Å². The third kappa shape index (κ3) is 62.0. The molecule has 1 fully saturated rings. The van der Waals surface area contributed by atoms with Gasteiger partial charge in [-0.3, -0.25) is 36.5 Å². The molecule has 0 aliphatic heterocycles. The first kappa shape index (κ1) is 51.9. The molecule has 0 aromatic carbocycles. The van der Waals surface area contributed by atoms with Crippen molar-refractivity contribution >= 4 is 60.8 Å². The molecule has 34 heteroatoms. The average molecular weight is 817 g/mol. The van der Waals surface area contributed by atoms with Gasteiger partial charge in [-0.1, -0.05) is 19.3 Å². The molecule has 0 aromatic rings. The van der Waals surface area contributed by atoms with Crippen molar-refractivity contribution < 1.29 is 115 Å². The lowest BCUT2D eigenvalue weighted by Gasteiger charge is -2.19. The van der Waals surface area contributed by atoms with Crippen molar-refractivity contribution in [3.8, 4) is 0 Å². The minimum absolute atomic E-state index is 0.503. The Labute approximate surface area is 248 Å². The summed E-state index contributed by atoms with van der Waals surface area (Å²) in [5.41, 5.74) is 2.55. The molecule has 271 valence electrons. The second-order valence-electron chi connectivity index (χ2n) is 8.36. The predicted octanol–water partition coefficient (Wildman–Crippen LogP) is -1.70.